The van der Waals surface area contributed by atoms with Crippen molar-refractivity contribution in [3.05, 3.63) is 11.6 Å². The zero-order chi connectivity index (χ0) is 8.13. The summed E-state index contributed by atoms with van der Waals surface area (Å²) in [6, 6.07) is 0. The fraction of sp³-hybridized carbons (Fsp3) is 0.700. The third-order valence-corrected chi connectivity index (χ3v) is 3.25. The molecule has 1 saturated heterocycles. The van der Waals surface area contributed by atoms with Gasteiger partial charge in [-0.25, -0.2) is 0 Å². The quantitative estimate of drug-likeness (QED) is 0.507. The van der Waals surface area contributed by atoms with Gasteiger partial charge in [-0.15, -0.1) is 0 Å². The van der Waals surface area contributed by atoms with Crippen LogP contribution in [-0.2, 0) is 9.53 Å². The Balaban J connectivity index is 1.94. The summed E-state index contributed by atoms with van der Waals surface area (Å²) in [6.07, 6.45) is 6.92. The van der Waals surface area contributed by atoms with Gasteiger partial charge in [-0.05, 0) is 36.8 Å². The average Bonchev–Trinajstić information content (AvgIpc) is 2.82. The fourth-order valence-corrected chi connectivity index (χ4v) is 2.51. The van der Waals surface area contributed by atoms with Crippen LogP contribution in [0.1, 0.15) is 25.7 Å². The SMILES string of the molecule is O=C1C=C2[C@@H](CC1)CC[C@H]1O[C@@H]21. The predicted molar refractivity (Wildman–Crippen MR) is 43.7 cm³/mol. The van der Waals surface area contributed by atoms with E-state index in [1.807, 2.05) is 6.08 Å². The lowest BCUT2D eigenvalue weighted by molar-refractivity contribution is -0.115. The normalized spacial score (nSPS) is 44.5. The lowest BCUT2D eigenvalue weighted by atomic mass is 9.77. The third-order valence-electron chi connectivity index (χ3n) is 3.25. The molecule has 2 nitrogen and oxygen atoms in total. The van der Waals surface area contributed by atoms with Gasteiger partial charge >= 0.3 is 0 Å². The first kappa shape index (κ1) is 6.84. The van der Waals surface area contributed by atoms with E-state index in [1.165, 1.54) is 18.4 Å². The Bertz CT molecular complexity index is 267. The number of carbonyl (C=O) groups is 1. The number of allylic oxidation sites excluding steroid dienone is 1. The molecule has 0 unspecified atom stereocenters. The van der Waals surface area contributed by atoms with Crippen LogP contribution in [0.3, 0.4) is 0 Å². The van der Waals surface area contributed by atoms with Gasteiger partial charge in [-0.2, -0.15) is 0 Å². The van der Waals surface area contributed by atoms with Gasteiger partial charge in [0.1, 0.15) is 6.10 Å². The molecule has 0 aromatic heterocycles. The van der Waals surface area contributed by atoms with Crippen LogP contribution in [0.25, 0.3) is 0 Å². The van der Waals surface area contributed by atoms with E-state index in [9.17, 15) is 4.79 Å². The Morgan fingerprint density at radius 2 is 2.25 bits per heavy atom. The van der Waals surface area contributed by atoms with Crippen molar-refractivity contribution in [3.63, 3.8) is 0 Å². The van der Waals surface area contributed by atoms with E-state index < -0.39 is 0 Å². The molecule has 0 N–H and O–H groups in total. The maximum Gasteiger partial charge on any atom is 0.155 e. The maximum absolute atomic E-state index is 11.2. The van der Waals surface area contributed by atoms with Crippen molar-refractivity contribution in [2.24, 2.45) is 5.92 Å². The van der Waals surface area contributed by atoms with Crippen LogP contribution in [0.4, 0.5) is 0 Å². The van der Waals surface area contributed by atoms with E-state index in [0.29, 0.717) is 23.9 Å². The van der Waals surface area contributed by atoms with Gasteiger partial charge in [0.15, 0.2) is 5.78 Å². The minimum Gasteiger partial charge on any atom is -0.365 e. The van der Waals surface area contributed by atoms with Crippen molar-refractivity contribution in [2.45, 2.75) is 37.9 Å². The molecule has 2 aliphatic carbocycles. The Morgan fingerprint density at radius 3 is 3.17 bits per heavy atom. The zero-order valence-electron chi connectivity index (χ0n) is 6.95. The first-order valence-corrected chi connectivity index (χ1v) is 4.74. The summed E-state index contributed by atoms with van der Waals surface area (Å²) in [5.41, 5.74) is 1.31. The molecule has 64 valence electrons. The van der Waals surface area contributed by atoms with Crippen molar-refractivity contribution in [2.75, 3.05) is 0 Å². The van der Waals surface area contributed by atoms with Gasteiger partial charge in [-0.3, -0.25) is 4.79 Å². The van der Waals surface area contributed by atoms with E-state index in [4.69, 9.17) is 4.74 Å². The highest BCUT2D eigenvalue weighted by molar-refractivity contribution is 5.91. The van der Waals surface area contributed by atoms with Crippen LogP contribution in [-0.4, -0.2) is 18.0 Å². The molecule has 3 aliphatic rings. The van der Waals surface area contributed by atoms with Gasteiger partial charge < -0.3 is 4.74 Å². The molecule has 1 saturated carbocycles. The summed E-state index contributed by atoms with van der Waals surface area (Å²) in [5, 5.41) is 0. The lowest BCUT2D eigenvalue weighted by Gasteiger charge is -2.25. The number of ketones is 1. The minimum absolute atomic E-state index is 0.303. The molecule has 12 heavy (non-hydrogen) atoms. The van der Waals surface area contributed by atoms with Gasteiger partial charge in [0.2, 0.25) is 0 Å². The number of hydrogen-bond acceptors (Lipinski definition) is 2. The van der Waals surface area contributed by atoms with Crippen LogP contribution in [0.15, 0.2) is 11.6 Å². The highest BCUT2D eigenvalue weighted by Crippen LogP contribution is 2.46. The summed E-state index contributed by atoms with van der Waals surface area (Å²) in [5.74, 6) is 0.976. The third kappa shape index (κ3) is 0.876. The summed E-state index contributed by atoms with van der Waals surface area (Å²) in [4.78, 5) is 11.2. The second-order valence-electron chi connectivity index (χ2n) is 4.02. The summed E-state index contributed by atoms with van der Waals surface area (Å²) in [6.45, 7) is 0. The number of rotatable bonds is 0. The van der Waals surface area contributed by atoms with E-state index in [0.717, 1.165) is 12.8 Å². The lowest BCUT2D eigenvalue weighted by Crippen LogP contribution is -2.22. The van der Waals surface area contributed by atoms with Gasteiger partial charge in [0.05, 0.1) is 6.10 Å². The molecular formula is C10H12O2. The standard InChI is InChI=1S/C10H12O2/c11-7-3-1-6-2-4-9-10(12-9)8(6)5-7/h5-6,9-10H,1-4H2/t6-,9+,10-/m0/s1. The summed E-state index contributed by atoms with van der Waals surface area (Å²) < 4.78 is 5.48. The molecular weight excluding hydrogens is 152 g/mol. The first-order chi connectivity index (χ1) is 5.84. The largest absolute Gasteiger partial charge is 0.365 e. The smallest absolute Gasteiger partial charge is 0.155 e. The summed E-state index contributed by atoms with van der Waals surface area (Å²) in [7, 11) is 0. The van der Waals surface area contributed by atoms with Crippen LogP contribution in [0.5, 0.6) is 0 Å². The van der Waals surface area contributed by atoms with Crippen LogP contribution < -0.4 is 0 Å². The topological polar surface area (TPSA) is 29.6 Å². The van der Waals surface area contributed by atoms with Crippen LogP contribution >= 0.6 is 0 Å². The monoisotopic (exact) mass is 164 g/mol. The van der Waals surface area contributed by atoms with E-state index in [2.05, 4.69) is 0 Å². The molecule has 2 fully saturated rings. The first-order valence-electron chi connectivity index (χ1n) is 4.74. The highest BCUT2D eigenvalue weighted by Gasteiger charge is 2.48. The molecule has 0 amide bonds. The zero-order valence-corrected chi connectivity index (χ0v) is 6.95. The Kier molecular flexibility index (Phi) is 1.25. The van der Waals surface area contributed by atoms with Gasteiger partial charge in [0.25, 0.3) is 0 Å². The van der Waals surface area contributed by atoms with Crippen molar-refractivity contribution >= 4 is 5.78 Å². The molecule has 0 aromatic carbocycles. The van der Waals surface area contributed by atoms with Crippen molar-refractivity contribution in [3.8, 4) is 0 Å². The number of carbonyl (C=O) groups excluding carboxylic acids is 1. The van der Waals surface area contributed by atoms with Crippen LogP contribution in [0.2, 0.25) is 0 Å². The number of epoxide rings is 1. The molecule has 2 heteroatoms. The number of ether oxygens (including phenoxy) is 1. The van der Waals surface area contributed by atoms with Gasteiger partial charge in [0, 0.05) is 6.42 Å². The average molecular weight is 164 g/mol. The second-order valence-corrected chi connectivity index (χ2v) is 4.02. The van der Waals surface area contributed by atoms with Crippen molar-refractivity contribution < 1.29 is 9.53 Å². The highest BCUT2D eigenvalue weighted by atomic mass is 16.6. The fourth-order valence-electron chi connectivity index (χ4n) is 2.51. The molecule has 0 bridgehead atoms. The molecule has 1 aliphatic heterocycles. The van der Waals surface area contributed by atoms with E-state index in [-0.39, 0.29) is 0 Å². The summed E-state index contributed by atoms with van der Waals surface area (Å²) >= 11 is 0. The van der Waals surface area contributed by atoms with Crippen molar-refractivity contribution in [1.82, 2.24) is 0 Å². The Morgan fingerprint density at radius 1 is 1.33 bits per heavy atom. The molecule has 3 atom stereocenters. The minimum atomic E-state index is 0.303. The molecule has 0 spiro atoms. The van der Waals surface area contributed by atoms with Crippen molar-refractivity contribution in [1.29, 1.82) is 0 Å². The molecule has 3 rings (SSSR count). The Hall–Kier alpha value is -0.630. The van der Waals surface area contributed by atoms with Crippen LogP contribution in [0, 0.1) is 5.92 Å². The van der Waals surface area contributed by atoms with E-state index >= 15 is 0 Å². The van der Waals surface area contributed by atoms with Gasteiger partial charge in [-0.1, -0.05) is 0 Å². The molecule has 0 radical (unpaired) electrons. The number of hydrogen-bond donors (Lipinski definition) is 0. The number of fused-ring (bicyclic) bond motifs is 3. The molecule has 0 aromatic rings. The second kappa shape index (κ2) is 2.19. The Labute approximate surface area is 71.6 Å². The predicted octanol–water partition coefficient (Wildman–Crippen LogP) is 1.45. The van der Waals surface area contributed by atoms with E-state index in [1.54, 1.807) is 0 Å². The maximum atomic E-state index is 11.2. The molecule has 1 heterocycles.